The van der Waals surface area contributed by atoms with Crippen molar-refractivity contribution in [2.45, 2.75) is 49.9 Å². The highest BCUT2D eigenvalue weighted by molar-refractivity contribution is 7.80. The van der Waals surface area contributed by atoms with Crippen molar-refractivity contribution in [1.29, 1.82) is 0 Å². The van der Waals surface area contributed by atoms with Gasteiger partial charge in [0.25, 0.3) is 0 Å². The summed E-state index contributed by atoms with van der Waals surface area (Å²) in [6.45, 7) is 0.191. The van der Waals surface area contributed by atoms with E-state index in [-0.39, 0.29) is 37.5 Å². The first-order chi connectivity index (χ1) is 20.6. The van der Waals surface area contributed by atoms with Crippen molar-refractivity contribution in [2.24, 2.45) is 22.2 Å². The molecule has 0 aliphatic heterocycles. The molecule has 0 aliphatic rings. The molecule has 11 N–H and O–H groups in total. The van der Waals surface area contributed by atoms with Gasteiger partial charge < -0.3 is 43.2 Å². The van der Waals surface area contributed by atoms with Crippen LogP contribution in [0.1, 0.15) is 24.0 Å². The number of rotatable bonds is 16. The summed E-state index contributed by atoms with van der Waals surface area (Å²) < 4.78 is 0. The molecule has 0 radical (unpaired) electrons. The molecule has 230 valence electrons. The molecule has 1 heterocycles. The highest BCUT2D eigenvalue weighted by atomic mass is 32.1. The molecule has 1 aromatic heterocycles. The summed E-state index contributed by atoms with van der Waals surface area (Å²) in [6.07, 6.45) is 2.47. The number of fused-ring (bicyclic) bond motifs is 1. The minimum atomic E-state index is -1.25. The average Bonchev–Trinajstić information content (AvgIpc) is 3.39. The number of aliphatic imine (C=N–C) groups is 1. The molecular weight excluding hydrogens is 572 g/mol. The highest BCUT2D eigenvalue weighted by Gasteiger charge is 2.30. The van der Waals surface area contributed by atoms with E-state index >= 15 is 0 Å². The molecule has 3 rings (SSSR count). The molecule has 3 aromatic rings. The first kappa shape index (κ1) is 32.9. The van der Waals surface area contributed by atoms with Crippen LogP contribution in [0, 0.1) is 0 Å². The molecule has 0 aliphatic carbocycles. The molecule has 43 heavy (non-hydrogen) atoms. The number of carboxylic acid groups (broad SMARTS) is 1. The third-order valence-corrected chi connectivity index (χ3v) is 7.11. The fraction of sp³-hybridized carbons (Fsp3) is 0.345. The summed E-state index contributed by atoms with van der Waals surface area (Å²) in [6, 6.07) is 12.3. The van der Waals surface area contributed by atoms with Crippen LogP contribution in [-0.2, 0) is 32.0 Å². The number of nitrogens with one attached hydrogen (secondary N) is 4. The van der Waals surface area contributed by atoms with Crippen molar-refractivity contribution in [2.75, 3.05) is 12.3 Å². The van der Waals surface area contributed by atoms with Crippen molar-refractivity contribution >= 4 is 53.2 Å². The lowest BCUT2D eigenvalue weighted by molar-refractivity contribution is -0.142. The number of hydrogen-bond donors (Lipinski definition) is 9. The van der Waals surface area contributed by atoms with Crippen molar-refractivity contribution in [3.05, 3.63) is 71.9 Å². The summed E-state index contributed by atoms with van der Waals surface area (Å²) >= 11 is 4.20. The van der Waals surface area contributed by atoms with Crippen LogP contribution in [0.4, 0.5) is 0 Å². The Labute approximate surface area is 254 Å². The quantitative estimate of drug-likeness (QED) is 0.0455. The van der Waals surface area contributed by atoms with Crippen LogP contribution in [0.25, 0.3) is 10.9 Å². The van der Waals surface area contributed by atoms with Crippen LogP contribution in [0.5, 0.6) is 0 Å². The number of para-hydroxylation sites is 1. The number of thiol groups is 1. The maximum absolute atomic E-state index is 13.5. The van der Waals surface area contributed by atoms with Gasteiger partial charge in [-0.1, -0.05) is 48.5 Å². The zero-order valence-electron chi connectivity index (χ0n) is 23.5. The van der Waals surface area contributed by atoms with Crippen LogP contribution in [0.2, 0.25) is 0 Å². The van der Waals surface area contributed by atoms with Crippen molar-refractivity contribution in [3.63, 3.8) is 0 Å². The largest absolute Gasteiger partial charge is 0.480 e. The number of guanidine groups is 1. The number of H-pyrrole nitrogens is 1. The normalized spacial score (nSPS) is 13.7. The molecule has 0 fully saturated rings. The number of amides is 3. The van der Waals surface area contributed by atoms with Crippen LogP contribution in [0.3, 0.4) is 0 Å². The van der Waals surface area contributed by atoms with Gasteiger partial charge in [0.05, 0.1) is 6.04 Å². The summed E-state index contributed by atoms with van der Waals surface area (Å²) in [7, 11) is 0. The summed E-state index contributed by atoms with van der Waals surface area (Å²) in [5.74, 6) is -3.43. The molecule has 0 saturated carbocycles. The molecule has 0 bridgehead atoms. The minimum Gasteiger partial charge on any atom is -0.480 e. The van der Waals surface area contributed by atoms with Crippen LogP contribution in [-0.4, -0.2) is 76.2 Å². The molecule has 2 aromatic carbocycles. The third kappa shape index (κ3) is 10.0. The number of benzene rings is 2. The van der Waals surface area contributed by atoms with E-state index in [9.17, 15) is 24.3 Å². The number of aromatic amines is 1. The van der Waals surface area contributed by atoms with Gasteiger partial charge in [0.2, 0.25) is 17.7 Å². The number of aliphatic carboxylic acids is 1. The van der Waals surface area contributed by atoms with Gasteiger partial charge in [0.1, 0.15) is 18.1 Å². The summed E-state index contributed by atoms with van der Waals surface area (Å²) in [4.78, 5) is 58.4. The van der Waals surface area contributed by atoms with E-state index < -0.39 is 47.9 Å². The van der Waals surface area contributed by atoms with Crippen molar-refractivity contribution < 1.29 is 24.3 Å². The van der Waals surface area contributed by atoms with Crippen molar-refractivity contribution in [1.82, 2.24) is 20.9 Å². The van der Waals surface area contributed by atoms with Crippen molar-refractivity contribution in [3.8, 4) is 0 Å². The van der Waals surface area contributed by atoms with Gasteiger partial charge in [-0.05, 0) is 36.5 Å². The smallest absolute Gasteiger partial charge is 0.326 e. The van der Waals surface area contributed by atoms with E-state index in [1.54, 1.807) is 6.20 Å². The molecule has 13 nitrogen and oxygen atoms in total. The van der Waals surface area contributed by atoms with Crippen LogP contribution < -0.4 is 33.2 Å². The number of carbonyl (C=O) groups excluding carboxylic acids is 3. The Bertz CT molecular complexity index is 1430. The second-order valence-corrected chi connectivity index (χ2v) is 10.4. The SMILES string of the molecule is NC(N)=NCCCC(NC(=O)C(CS)NC(=O)C(Cc1c[nH]c2ccccc12)NC(=O)C(N)Cc1ccccc1)C(=O)O. The van der Waals surface area contributed by atoms with Gasteiger partial charge in [-0.2, -0.15) is 12.6 Å². The average molecular weight is 611 g/mol. The van der Waals surface area contributed by atoms with E-state index in [0.29, 0.717) is 6.42 Å². The lowest BCUT2D eigenvalue weighted by atomic mass is 10.0. The van der Waals surface area contributed by atoms with Gasteiger partial charge in [-0.25, -0.2) is 4.79 Å². The van der Waals surface area contributed by atoms with E-state index in [1.165, 1.54) is 0 Å². The predicted octanol–water partition coefficient (Wildman–Crippen LogP) is -0.197. The fourth-order valence-electron chi connectivity index (χ4n) is 4.47. The van der Waals surface area contributed by atoms with Gasteiger partial charge in [0, 0.05) is 35.8 Å². The number of carboxylic acids is 1. The highest BCUT2D eigenvalue weighted by Crippen LogP contribution is 2.19. The van der Waals surface area contributed by atoms with E-state index in [2.05, 4.69) is 38.6 Å². The first-order valence-electron chi connectivity index (χ1n) is 13.7. The molecule has 0 saturated heterocycles. The Balaban J connectivity index is 1.73. The fourth-order valence-corrected chi connectivity index (χ4v) is 4.73. The van der Waals surface area contributed by atoms with Crippen LogP contribution in [0.15, 0.2) is 65.8 Å². The second-order valence-electron chi connectivity index (χ2n) is 10.0. The Hall–Kier alpha value is -4.56. The van der Waals surface area contributed by atoms with Gasteiger partial charge in [-0.15, -0.1) is 0 Å². The zero-order chi connectivity index (χ0) is 31.4. The Kier molecular flexibility index (Phi) is 12.4. The number of aromatic nitrogens is 1. The summed E-state index contributed by atoms with van der Waals surface area (Å²) in [5.41, 5.74) is 19.2. The lowest BCUT2D eigenvalue weighted by Crippen LogP contribution is -2.58. The zero-order valence-corrected chi connectivity index (χ0v) is 24.4. The minimum absolute atomic E-state index is 0.0592. The predicted molar refractivity (Wildman–Crippen MR) is 167 cm³/mol. The maximum Gasteiger partial charge on any atom is 0.326 e. The maximum atomic E-state index is 13.5. The Morgan fingerprint density at radius 2 is 1.49 bits per heavy atom. The monoisotopic (exact) mass is 610 g/mol. The molecule has 4 atom stereocenters. The standard InChI is InChI=1S/C29H38N8O5S/c30-20(13-17-7-2-1-3-8-17)25(38)36-23(14-18-15-34-21-10-5-4-9-19(18)21)26(39)37-24(16-43)27(40)35-22(28(41)42)11-6-12-33-29(31)32/h1-5,7-10,15,20,22-24,34,43H,6,11-14,16,30H2,(H,35,40)(H,36,38)(H,37,39)(H,41,42)(H4,31,32,33). The number of nitrogens with zero attached hydrogens (tertiary/aromatic N) is 1. The van der Waals surface area contributed by atoms with Gasteiger partial charge >= 0.3 is 5.97 Å². The number of carbonyl (C=O) groups is 4. The van der Waals surface area contributed by atoms with Gasteiger partial charge in [-0.3, -0.25) is 19.4 Å². The molecule has 14 heteroatoms. The molecule has 0 spiro atoms. The molecule has 4 unspecified atom stereocenters. The molecule has 3 amide bonds. The van der Waals surface area contributed by atoms with E-state index in [0.717, 1.165) is 22.0 Å². The topological polar surface area (TPSA) is 231 Å². The molecular formula is C29H38N8O5S. The Morgan fingerprint density at radius 1 is 0.860 bits per heavy atom. The summed E-state index contributed by atoms with van der Waals surface area (Å²) in [5, 5.41) is 18.2. The van der Waals surface area contributed by atoms with E-state index in [1.807, 2.05) is 54.6 Å². The number of nitrogens with two attached hydrogens (primary N) is 3. The van der Waals surface area contributed by atoms with E-state index in [4.69, 9.17) is 17.2 Å². The van der Waals surface area contributed by atoms with Gasteiger partial charge in [0.15, 0.2) is 5.96 Å². The second kappa shape index (κ2) is 16.2. The third-order valence-electron chi connectivity index (χ3n) is 6.74. The van der Waals surface area contributed by atoms with Crippen LogP contribution >= 0.6 is 12.6 Å². The Morgan fingerprint density at radius 3 is 2.16 bits per heavy atom. The lowest BCUT2D eigenvalue weighted by Gasteiger charge is -2.24. The number of hydrogen-bond acceptors (Lipinski definition) is 7. The first-order valence-corrected chi connectivity index (χ1v) is 14.4.